The molecule has 1 atom stereocenters. The van der Waals surface area contributed by atoms with Crippen LogP contribution in [0.5, 0.6) is 0 Å². The van der Waals surface area contributed by atoms with Gasteiger partial charge >= 0.3 is 5.97 Å². The second kappa shape index (κ2) is 9.72. The predicted molar refractivity (Wildman–Crippen MR) is 99.8 cm³/mol. The molecule has 0 saturated heterocycles. The smallest absolute Gasteiger partial charge is 0.338 e. The molecule has 2 rings (SSSR count). The van der Waals surface area contributed by atoms with Gasteiger partial charge in [0, 0.05) is 18.8 Å². The molecule has 2 amide bonds. The molecule has 1 aliphatic carbocycles. The number of nitrogens with zero attached hydrogens (tertiary/aromatic N) is 2. The first-order chi connectivity index (χ1) is 12.9. The molecule has 0 aromatic heterocycles. The summed E-state index contributed by atoms with van der Waals surface area (Å²) in [5, 5.41) is 11.0. The highest BCUT2D eigenvalue weighted by molar-refractivity contribution is 5.94. The predicted octanol–water partition coefficient (Wildman–Crippen LogP) is 2.88. The van der Waals surface area contributed by atoms with Gasteiger partial charge in [0.1, 0.15) is 6.42 Å². The van der Waals surface area contributed by atoms with Crippen molar-refractivity contribution in [3.63, 3.8) is 0 Å². The standard InChI is InChI=1S/C20H25N3O4/c1-14(19(25)23(2)17-6-4-3-5-7-17)27-20(26)15-8-10-16(11-9-15)22-18(24)12-13-21/h8-11,14,17H,3-7,12H2,1-2H3,(H,22,24)/t14-/m0/s1. The van der Waals surface area contributed by atoms with Crippen molar-refractivity contribution in [2.75, 3.05) is 12.4 Å². The third-order valence-corrected chi connectivity index (χ3v) is 4.75. The zero-order valence-corrected chi connectivity index (χ0v) is 15.7. The van der Waals surface area contributed by atoms with E-state index >= 15 is 0 Å². The second-order valence-corrected chi connectivity index (χ2v) is 6.75. The summed E-state index contributed by atoms with van der Waals surface area (Å²) in [4.78, 5) is 37.9. The van der Waals surface area contributed by atoms with E-state index in [2.05, 4.69) is 5.32 Å². The van der Waals surface area contributed by atoms with Gasteiger partial charge in [0.2, 0.25) is 5.91 Å². The summed E-state index contributed by atoms with van der Waals surface area (Å²) in [6, 6.07) is 8.08. The maximum absolute atomic E-state index is 12.5. The van der Waals surface area contributed by atoms with Crippen LogP contribution >= 0.6 is 0 Å². The summed E-state index contributed by atoms with van der Waals surface area (Å²) < 4.78 is 5.31. The highest BCUT2D eigenvalue weighted by atomic mass is 16.5. The highest BCUT2D eigenvalue weighted by Gasteiger charge is 2.27. The molecule has 7 nitrogen and oxygen atoms in total. The molecule has 0 heterocycles. The van der Waals surface area contributed by atoms with Gasteiger partial charge in [-0.1, -0.05) is 19.3 Å². The van der Waals surface area contributed by atoms with E-state index in [9.17, 15) is 14.4 Å². The third kappa shape index (κ3) is 5.81. The van der Waals surface area contributed by atoms with Crippen molar-refractivity contribution >= 4 is 23.5 Å². The van der Waals surface area contributed by atoms with Gasteiger partial charge in [-0.3, -0.25) is 9.59 Å². The van der Waals surface area contributed by atoms with E-state index in [-0.39, 0.29) is 23.9 Å². The summed E-state index contributed by atoms with van der Waals surface area (Å²) in [7, 11) is 1.77. The molecule has 0 radical (unpaired) electrons. The van der Waals surface area contributed by atoms with Crippen LogP contribution in [-0.4, -0.2) is 41.9 Å². The van der Waals surface area contributed by atoms with E-state index in [1.807, 2.05) is 0 Å². The van der Waals surface area contributed by atoms with Gasteiger partial charge in [-0.15, -0.1) is 0 Å². The van der Waals surface area contributed by atoms with Crippen LogP contribution in [0.25, 0.3) is 0 Å². The van der Waals surface area contributed by atoms with Crippen LogP contribution in [0.15, 0.2) is 24.3 Å². The van der Waals surface area contributed by atoms with Crippen LogP contribution in [0.1, 0.15) is 55.8 Å². The second-order valence-electron chi connectivity index (χ2n) is 6.75. The van der Waals surface area contributed by atoms with Crippen molar-refractivity contribution in [1.29, 1.82) is 5.26 Å². The Kier molecular flexibility index (Phi) is 7.35. The van der Waals surface area contributed by atoms with Gasteiger partial charge in [0.15, 0.2) is 6.10 Å². The summed E-state index contributed by atoms with van der Waals surface area (Å²) in [6.45, 7) is 1.58. The van der Waals surface area contributed by atoms with Gasteiger partial charge in [-0.2, -0.15) is 5.26 Å². The van der Waals surface area contributed by atoms with Crippen molar-refractivity contribution in [3.05, 3.63) is 29.8 Å². The first kappa shape index (κ1) is 20.4. The van der Waals surface area contributed by atoms with Crippen LogP contribution in [0.3, 0.4) is 0 Å². The lowest BCUT2D eigenvalue weighted by Gasteiger charge is -2.32. The van der Waals surface area contributed by atoms with Crippen LogP contribution in [0.4, 0.5) is 5.69 Å². The Balaban J connectivity index is 1.90. The topological polar surface area (TPSA) is 99.5 Å². The molecule has 144 valence electrons. The van der Waals surface area contributed by atoms with Crippen molar-refractivity contribution in [2.24, 2.45) is 0 Å². The summed E-state index contributed by atoms with van der Waals surface area (Å²) >= 11 is 0. The fraction of sp³-hybridized carbons (Fsp3) is 0.500. The fourth-order valence-electron chi connectivity index (χ4n) is 3.18. The Morgan fingerprint density at radius 1 is 1.22 bits per heavy atom. The molecule has 0 unspecified atom stereocenters. The lowest BCUT2D eigenvalue weighted by Crippen LogP contribution is -2.44. The van der Waals surface area contributed by atoms with Gasteiger partial charge in [-0.05, 0) is 44.0 Å². The lowest BCUT2D eigenvalue weighted by atomic mass is 9.94. The van der Waals surface area contributed by atoms with E-state index in [4.69, 9.17) is 10.00 Å². The summed E-state index contributed by atoms with van der Waals surface area (Å²) in [5.41, 5.74) is 0.765. The maximum Gasteiger partial charge on any atom is 0.338 e. The third-order valence-electron chi connectivity index (χ3n) is 4.75. The molecule has 7 heteroatoms. The molecule has 1 saturated carbocycles. The Hall–Kier alpha value is -2.88. The number of likely N-dealkylation sites (N-methyl/N-ethyl adjacent to an activating group) is 1. The van der Waals surface area contributed by atoms with Gasteiger partial charge in [0.25, 0.3) is 5.91 Å². The number of benzene rings is 1. The molecule has 1 aromatic rings. The number of hydrogen-bond acceptors (Lipinski definition) is 5. The van der Waals surface area contributed by atoms with E-state index in [0.29, 0.717) is 5.69 Å². The van der Waals surface area contributed by atoms with E-state index in [1.54, 1.807) is 37.1 Å². The molecule has 1 aromatic carbocycles. The van der Waals surface area contributed by atoms with Crippen molar-refractivity contribution < 1.29 is 19.1 Å². The number of rotatable bonds is 6. The Labute approximate surface area is 159 Å². The molecular formula is C20H25N3O4. The Morgan fingerprint density at radius 2 is 1.85 bits per heavy atom. The summed E-state index contributed by atoms with van der Waals surface area (Å²) in [6.07, 6.45) is 4.32. The molecule has 0 spiro atoms. The number of anilines is 1. The number of esters is 1. The van der Waals surface area contributed by atoms with Crippen LogP contribution in [0.2, 0.25) is 0 Å². The number of amides is 2. The number of nitrogens with one attached hydrogen (secondary N) is 1. The quantitative estimate of drug-likeness (QED) is 0.775. The number of nitriles is 1. The average Bonchev–Trinajstić information content (AvgIpc) is 2.68. The number of carbonyl (C=O) groups excluding carboxylic acids is 3. The minimum Gasteiger partial charge on any atom is -0.449 e. The van der Waals surface area contributed by atoms with E-state index in [1.165, 1.54) is 18.6 Å². The minimum atomic E-state index is -0.862. The SMILES string of the molecule is C[C@H](OC(=O)c1ccc(NC(=O)CC#N)cc1)C(=O)N(C)C1CCCCC1. The van der Waals surface area contributed by atoms with Crippen molar-refractivity contribution in [1.82, 2.24) is 4.90 Å². The zero-order chi connectivity index (χ0) is 19.8. The molecule has 1 aliphatic rings. The monoisotopic (exact) mass is 371 g/mol. The normalized spacial score (nSPS) is 15.3. The van der Waals surface area contributed by atoms with E-state index in [0.717, 1.165) is 25.7 Å². The van der Waals surface area contributed by atoms with Gasteiger partial charge in [0.05, 0.1) is 11.6 Å². The molecule has 1 N–H and O–H groups in total. The molecular weight excluding hydrogens is 346 g/mol. The van der Waals surface area contributed by atoms with Gasteiger partial charge < -0.3 is 15.0 Å². The molecule has 0 aliphatic heterocycles. The average molecular weight is 371 g/mol. The van der Waals surface area contributed by atoms with Crippen LogP contribution < -0.4 is 5.32 Å². The number of ether oxygens (including phenoxy) is 1. The molecule has 0 bridgehead atoms. The van der Waals surface area contributed by atoms with Crippen LogP contribution in [0, 0.1) is 11.3 Å². The van der Waals surface area contributed by atoms with Crippen LogP contribution in [-0.2, 0) is 14.3 Å². The maximum atomic E-state index is 12.5. The molecule has 27 heavy (non-hydrogen) atoms. The molecule has 1 fully saturated rings. The fourth-order valence-corrected chi connectivity index (χ4v) is 3.18. The number of carbonyl (C=O) groups is 3. The first-order valence-electron chi connectivity index (χ1n) is 9.17. The lowest BCUT2D eigenvalue weighted by molar-refractivity contribution is -0.141. The minimum absolute atomic E-state index is 0.198. The number of hydrogen-bond donors (Lipinski definition) is 1. The highest BCUT2D eigenvalue weighted by Crippen LogP contribution is 2.22. The zero-order valence-electron chi connectivity index (χ0n) is 15.7. The Bertz CT molecular complexity index is 718. The van der Waals surface area contributed by atoms with E-state index < -0.39 is 18.0 Å². The van der Waals surface area contributed by atoms with Crippen molar-refractivity contribution in [2.45, 2.75) is 57.6 Å². The van der Waals surface area contributed by atoms with Crippen molar-refractivity contribution in [3.8, 4) is 6.07 Å². The van der Waals surface area contributed by atoms with Gasteiger partial charge in [-0.25, -0.2) is 4.79 Å². The Morgan fingerprint density at radius 3 is 2.44 bits per heavy atom. The first-order valence-corrected chi connectivity index (χ1v) is 9.17. The summed E-state index contributed by atoms with van der Waals surface area (Å²) in [5.74, 6) is -1.21. The largest absolute Gasteiger partial charge is 0.449 e.